The highest BCUT2D eigenvalue weighted by molar-refractivity contribution is 7.80. The molecule has 0 bridgehead atoms. The molecule has 222 valence electrons. The number of rotatable bonds is 11. The summed E-state index contributed by atoms with van der Waals surface area (Å²) in [6, 6.07) is 5.91. The molecule has 1 aromatic heterocycles. The number of nitrogen functional groups attached to an aromatic ring is 1. The van der Waals surface area contributed by atoms with Gasteiger partial charge in [-0.1, -0.05) is 5.16 Å². The highest BCUT2D eigenvalue weighted by Gasteiger charge is 2.58. The third-order valence-electron chi connectivity index (χ3n) is 6.26. The number of nitrogens with one attached hydrogen (secondary N) is 3. The Kier molecular flexibility index (Phi) is 9.08. The van der Waals surface area contributed by atoms with Gasteiger partial charge in [0.15, 0.2) is 17.5 Å². The Morgan fingerprint density at radius 1 is 1.29 bits per heavy atom. The van der Waals surface area contributed by atoms with Crippen molar-refractivity contribution in [1.82, 2.24) is 25.6 Å². The first-order valence-electron chi connectivity index (χ1n) is 12.4. The summed E-state index contributed by atoms with van der Waals surface area (Å²) in [5.74, 6) is -0.727. The molecule has 6 N–H and O–H groups in total. The molecule has 3 heterocycles. The van der Waals surface area contributed by atoms with Gasteiger partial charge in [0.1, 0.15) is 29.9 Å². The SMILES string of the molecule is CC1(C)[C@H](NC(=O)C(=NOCCOc2ccc(C(=N)N3CCNCC3)cc2)c2csc(N)n2)C(=O)N1OS(=O)(=O)O. The van der Waals surface area contributed by atoms with Gasteiger partial charge in [0.05, 0.1) is 5.54 Å². The summed E-state index contributed by atoms with van der Waals surface area (Å²) in [4.78, 5) is 36.8. The smallest absolute Gasteiger partial charge is 0.418 e. The number of oxime groups is 1. The van der Waals surface area contributed by atoms with Crippen LogP contribution >= 0.6 is 11.3 Å². The maximum absolute atomic E-state index is 13.0. The summed E-state index contributed by atoms with van der Waals surface area (Å²) in [5.41, 5.74) is 4.98. The molecular formula is C23H30N8O8S2. The fourth-order valence-electron chi connectivity index (χ4n) is 4.11. The Morgan fingerprint density at radius 3 is 2.56 bits per heavy atom. The molecule has 2 fully saturated rings. The van der Waals surface area contributed by atoms with Crippen LogP contribution in [0.1, 0.15) is 25.1 Å². The van der Waals surface area contributed by atoms with Crippen LogP contribution in [0.2, 0.25) is 0 Å². The van der Waals surface area contributed by atoms with Crippen molar-refractivity contribution in [2.45, 2.75) is 25.4 Å². The summed E-state index contributed by atoms with van der Waals surface area (Å²) < 4.78 is 40.9. The number of aromatic nitrogens is 1. The zero-order valence-electron chi connectivity index (χ0n) is 22.2. The molecule has 2 aliphatic rings. The fraction of sp³-hybridized carbons (Fsp3) is 0.435. The van der Waals surface area contributed by atoms with Crippen molar-refractivity contribution in [2.24, 2.45) is 5.16 Å². The molecule has 0 aliphatic carbocycles. The number of amides is 2. The molecule has 2 aromatic rings. The lowest BCUT2D eigenvalue weighted by atomic mass is 9.84. The van der Waals surface area contributed by atoms with Gasteiger partial charge >= 0.3 is 10.4 Å². The normalized spacial score (nSPS) is 19.0. The quantitative estimate of drug-likeness (QED) is 0.0547. The lowest BCUT2D eigenvalue weighted by molar-refractivity contribution is -0.218. The van der Waals surface area contributed by atoms with Crippen molar-refractivity contribution in [3.8, 4) is 5.75 Å². The third kappa shape index (κ3) is 7.27. The topological polar surface area (TPSA) is 222 Å². The van der Waals surface area contributed by atoms with Crippen molar-refractivity contribution in [3.05, 3.63) is 40.9 Å². The molecule has 0 unspecified atom stereocenters. The summed E-state index contributed by atoms with van der Waals surface area (Å²) in [7, 11) is -4.94. The molecule has 2 amide bonds. The van der Waals surface area contributed by atoms with Crippen molar-refractivity contribution in [2.75, 3.05) is 45.1 Å². The number of hydrogen-bond acceptors (Lipinski definition) is 13. The van der Waals surface area contributed by atoms with E-state index in [1.807, 2.05) is 4.90 Å². The molecular weight excluding hydrogens is 580 g/mol. The lowest BCUT2D eigenvalue weighted by Gasteiger charge is -2.50. The van der Waals surface area contributed by atoms with Crippen LogP contribution in [0.3, 0.4) is 0 Å². The van der Waals surface area contributed by atoms with Crippen LogP contribution in [0.4, 0.5) is 5.13 Å². The molecule has 41 heavy (non-hydrogen) atoms. The van der Waals surface area contributed by atoms with Gasteiger partial charge in [-0.3, -0.25) is 19.6 Å². The van der Waals surface area contributed by atoms with Crippen molar-refractivity contribution >= 4 is 50.2 Å². The second-order valence-electron chi connectivity index (χ2n) is 9.50. The standard InChI is InChI=1S/C23H30N8O8S2/c1-23(2)18(21(33)31(23)39-41(34,35)36)28-20(32)17(16-13-40-22(25)27-16)29-38-12-11-37-15-5-3-14(4-6-15)19(24)30-9-7-26-8-10-30/h3-6,13,18,24,26H,7-12H2,1-2H3,(H2,25,27)(H,28,32)(H,34,35,36)/t18-/m1/s1. The Bertz CT molecular complexity index is 1420. The molecule has 16 nitrogen and oxygen atoms in total. The number of ether oxygens (including phenoxy) is 1. The molecule has 0 saturated carbocycles. The van der Waals surface area contributed by atoms with Crippen molar-refractivity contribution in [1.29, 1.82) is 5.41 Å². The molecule has 2 aliphatic heterocycles. The summed E-state index contributed by atoms with van der Waals surface area (Å²) in [5, 5.41) is 20.1. The number of benzene rings is 1. The van der Waals surface area contributed by atoms with Crippen molar-refractivity contribution in [3.63, 3.8) is 0 Å². The van der Waals surface area contributed by atoms with Crippen LogP contribution in [-0.4, -0.2) is 102 Å². The minimum Gasteiger partial charge on any atom is -0.490 e. The number of hydrogen-bond donors (Lipinski definition) is 5. The third-order valence-corrected chi connectivity index (χ3v) is 7.27. The number of amidine groups is 1. The monoisotopic (exact) mass is 610 g/mol. The van der Waals surface area contributed by atoms with Gasteiger partial charge in [-0.25, -0.2) is 4.98 Å². The second-order valence-corrected chi connectivity index (χ2v) is 11.4. The first kappa shape index (κ1) is 30.1. The molecule has 18 heteroatoms. The number of thiazole rings is 1. The van der Waals surface area contributed by atoms with Gasteiger partial charge in [0.25, 0.3) is 11.8 Å². The van der Waals surface area contributed by atoms with Crippen LogP contribution in [0.15, 0.2) is 34.8 Å². The number of carbonyl (C=O) groups is 2. The van der Waals surface area contributed by atoms with E-state index in [1.54, 1.807) is 24.3 Å². The molecule has 1 atom stereocenters. The van der Waals surface area contributed by atoms with E-state index < -0.39 is 33.8 Å². The maximum Gasteiger partial charge on any atom is 0.418 e. The van der Waals surface area contributed by atoms with Crippen LogP contribution in [0.25, 0.3) is 0 Å². The van der Waals surface area contributed by atoms with Gasteiger partial charge in [-0.05, 0) is 38.1 Å². The molecule has 0 spiro atoms. The Balaban J connectivity index is 1.33. The lowest BCUT2D eigenvalue weighted by Crippen LogP contribution is -2.76. The summed E-state index contributed by atoms with van der Waals surface area (Å²) >= 11 is 1.06. The average Bonchev–Trinajstić information content (AvgIpc) is 3.37. The van der Waals surface area contributed by atoms with E-state index in [4.69, 9.17) is 25.3 Å². The molecule has 4 rings (SSSR count). The van der Waals surface area contributed by atoms with E-state index in [1.165, 1.54) is 19.2 Å². The second kappa shape index (κ2) is 12.4. The van der Waals surface area contributed by atoms with Crippen LogP contribution < -0.4 is 21.1 Å². The molecule has 1 aromatic carbocycles. The van der Waals surface area contributed by atoms with Crippen LogP contribution in [0, 0.1) is 5.41 Å². The van der Waals surface area contributed by atoms with E-state index in [9.17, 15) is 18.0 Å². The van der Waals surface area contributed by atoms with E-state index in [-0.39, 0.29) is 29.8 Å². The number of anilines is 1. The van der Waals surface area contributed by atoms with E-state index >= 15 is 0 Å². The number of carbonyl (C=O) groups excluding carboxylic acids is 2. The molecule has 0 radical (unpaired) electrons. The average molecular weight is 611 g/mol. The van der Waals surface area contributed by atoms with Gasteiger partial charge in [0.2, 0.25) is 0 Å². The van der Waals surface area contributed by atoms with E-state index in [0.717, 1.165) is 43.1 Å². The minimum absolute atomic E-state index is 0.0431. The predicted octanol–water partition coefficient (Wildman–Crippen LogP) is -0.404. The van der Waals surface area contributed by atoms with Gasteiger partial charge in [0, 0.05) is 37.1 Å². The highest BCUT2D eigenvalue weighted by Crippen LogP contribution is 2.33. The van der Waals surface area contributed by atoms with Crippen molar-refractivity contribution < 1.29 is 36.4 Å². The first-order chi connectivity index (χ1) is 19.4. The first-order valence-corrected chi connectivity index (χ1v) is 14.6. The number of hydroxylamine groups is 2. The summed E-state index contributed by atoms with van der Waals surface area (Å²) in [6.07, 6.45) is 0. The predicted molar refractivity (Wildman–Crippen MR) is 148 cm³/mol. The Hall–Kier alpha value is -3.84. The maximum atomic E-state index is 13.0. The highest BCUT2D eigenvalue weighted by atomic mass is 32.3. The summed E-state index contributed by atoms with van der Waals surface area (Å²) in [6.45, 7) is 6.13. The zero-order chi connectivity index (χ0) is 29.8. The Morgan fingerprint density at radius 2 is 1.98 bits per heavy atom. The van der Waals surface area contributed by atoms with E-state index in [0.29, 0.717) is 16.6 Å². The van der Waals surface area contributed by atoms with Gasteiger partial charge in [-0.15, -0.1) is 15.6 Å². The molecule has 2 saturated heterocycles. The number of nitrogens with zero attached hydrogens (tertiary/aromatic N) is 4. The fourth-order valence-corrected chi connectivity index (χ4v) is 5.11. The number of nitrogens with two attached hydrogens (primary N) is 1. The van der Waals surface area contributed by atoms with Crippen LogP contribution in [0.5, 0.6) is 5.75 Å². The van der Waals surface area contributed by atoms with Crippen LogP contribution in [-0.2, 0) is 29.1 Å². The van der Waals surface area contributed by atoms with Gasteiger partial charge in [-0.2, -0.15) is 13.5 Å². The Labute approximate surface area is 239 Å². The minimum atomic E-state index is -4.94. The number of β-lactam (4-membered cyclic amide) rings is 1. The largest absolute Gasteiger partial charge is 0.490 e. The van der Waals surface area contributed by atoms with E-state index in [2.05, 4.69) is 25.1 Å². The zero-order valence-corrected chi connectivity index (χ0v) is 23.8. The van der Waals surface area contributed by atoms with Gasteiger partial charge < -0.3 is 30.8 Å². The number of piperazine rings is 1.